The lowest BCUT2D eigenvalue weighted by molar-refractivity contribution is -0.138. The fourth-order valence-corrected chi connectivity index (χ4v) is 2.37. The van der Waals surface area contributed by atoms with Gasteiger partial charge in [0.25, 0.3) is 0 Å². The molecule has 0 saturated carbocycles. The van der Waals surface area contributed by atoms with Crippen LogP contribution in [-0.2, 0) is 6.18 Å². The van der Waals surface area contributed by atoms with Gasteiger partial charge in [0, 0.05) is 20.4 Å². The Bertz CT molecular complexity index is 279. The highest BCUT2D eigenvalue weighted by molar-refractivity contribution is 14.1. The first-order valence-electron chi connectivity index (χ1n) is 2.79. The second-order valence-corrected chi connectivity index (χ2v) is 3.99. The minimum Gasteiger partial charge on any atom is -0.262 e. The van der Waals surface area contributed by atoms with E-state index >= 15 is 0 Å². The number of hydrogen-bond donors (Lipinski definition) is 0. The molecule has 1 heterocycles. The van der Waals surface area contributed by atoms with Gasteiger partial charge in [0.2, 0.25) is 0 Å². The van der Waals surface area contributed by atoms with Crippen LogP contribution in [-0.4, -0.2) is 4.98 Å². The van der Waals surface area contributed by atoms with Crippen molar-refractivity contribution in [3.63, 3.8) is 0 Å². The molecule has 6 heteroatoms. The molecule has 1 rings (SSSR count). The van der Waals surface area contributed by atoms with Crippen molar-refractivity contribution in [2.45, 2.75) is 6.18 Å². The molecule has 1 nitrogen and oxygen atoms in total. The van der Waals surface area contributed by atoms with Crippen molar-refractivity contribution in [1.82, 2.24) is 4.98 Å². The maximum absolute atomic E-state index is 12.2. The fraction of sp³-hybridized carbons (Fsp3) is 0.167. The van der Waals surface area contributed by atoms with Gasteiger partial charge in [-0.3, -0.25) is 4.98 Å². The van der Waals surface area contributed by atoms with Gasteiger partial charge in [-0.1, -0.05) is 0 Å². The highest BCUT2D eigenvalue weighted by Gasteiger charge is 2.35. The van der Waals surface area contributed by atoms with Gasteiger partial charge in [-0.15, -0.1) is 0 Å². The first-order valence-corrected chi connectivity index (χ1v) is 4.66. The van der Waals surface area contributed by atoms with Crippen LogP contribution in [0.25, 0.3) is 0 Å². The number of hydrogen-bond acceptors (Lipinski definition) is 1. The number of halogens is 5. The zero-order valence-electron chi connectivity index (χ0n) is 5.49. The largest absolute Gasteiger partial charge is 0.418 e. The van der Waals surface area contributed by atoms with E-state index in [4.69, 9.17) is 0 Å². The van der Waals surface area contributed by atoms with Gasteiger partial charge in [-0.25, -0.2) is 0 Å². The van der Waals surface area contributed by atoms with Crippen LogP contribution in [0.3, 0.4) is 0 Å². The normalized spacial score (nSPS) is 11.8. The molecule has 0 fully saturated rings. The summed E-state index contributed by atoms with van der Waals surface area (Å²) in [7, 11) is 0. The minimum atomic E-state index is -4.32. The SMILES string of the molecule is FC(F)(F)c1c(Br)cncc1I. The molecular weight excluding hydrogens is 350 g/mol. The molecule has 0 saturated heterocycles. The van der Waals surface area contributed by atoms with Crippen molar-refractivity contribution >= 4 is 38.5 Å². The van der Waals surface area contributed by atoms with E-state index in [2.05, 4.69) is 20.9 Å². The molecule has 0 aromatic carbocycles. The van der Waals surface area contributed by atoms with E-state index in [1.807, 2.05) is 0 Å². The third-order valence-electron chi connectivity index (χ3n) is 1.14. The first kappa shape index (κ1) is 10.2. The minimum absolute atomic E-state index is 0.0260. The van der Waals surface area contributed by atoms with Crippen LogP contribution in [0.4, 0.5) is 13.2 Å². The standard InChI is InChI=1S/C6H2BrF3IN/c7-3-1-12-2-4(11)5(3)6(8,9)10/h1-2H. The summed E-state index contributed by atoms with van der Waals surface area (Å²) in [6.45, 7) is 0. The zero-order chi connectivity index (χ0) is 9.35. The third-order valence-corrected chi connectivity index (χ3v) is 2.56. The molecule has 1 aromatic heterocycles. The molecule has 0 aliphatic heterocycles. The van der Waals surface area contributed by atoms with Crippen LogP contribution >= 0.6 is 38.5 Å². The van der Waals surface area contributed by atoms with Crippen molar-refractivity contribution in [3.8, 4) is 0 Å². The monoisotopic (exact) mass is 351 g/mol. The van der Waals surface area contributed by atoms with Crippen LogP contribution in [0.1, 0.15) is 5.56 Å². The molecule has 0 amide bonds. The Balaban J connectivity index is 3.31. The molecule has 12 heavy (non-hydrogen) atoms. The predicted molar refractivity (Wildman–Crippen MR) is 49.7 cm³/mol. The van der Waals surface area contributed by atoms with Crippen molar-refractivity contribution in [2.24, 2.45) is 0 Å². The Kier molecular flexibility index (Phi) is 2.97. The molecule has 0 N–H and O–H groups in total. The Morgan fingerprint density at radius 1 is 1.33 bits per heavy atom. The summed E-state index contributed by atoms with van der Waals surface area (Å²) < 4.78 is 36.8. The maximum atomic E-state index is 12.2. The van der Waals surface area contributed by atoms with Gasteiger partial charge in [0.15, 0.2) is 0 Å². The van der Waals surface area contributed by atoms with Crippen molar-refractivity contribution in [1.29, 1.82) is 0 Å². The molecule has 0 atom stereocenters. The molecule has 0 unspecified atom stereocenters. The Labute approximate surface area is 88.6 Å². The van der Waals surface area contributed by atoms with E-state index in [1.165, 1.54) is 6.20 Å². The van der Waals surface area contributed by atoms with Gasteiger partial charge < -0.3 is 0 Å². The first-order chi connectivity index (χ1) is 5.43. The van der Waals surface area contributed by atoms with Crippen LogP contribution in [0.2, 0.25) is 0 Å². The number of pyridine rings is 1. The highest BCUT2D eigenvalue weighted by Crippen LogP contribution is 2.36. The van der Waals surface area contributed by atoms with Crippen LogP contribution < -0.4 is 0 Å². The van der Waals surface area contributed by atoms with E-state index in [0.29, 0.717) is 0 Å². The highest BCUT2D eigenvalue weighted by atomic mass is 127. The van der Waals surface area contributed by atoms with E-state index in [1.54, 1.807) is 22.6 Å². The second-order valence-electron chi connectivity index (χ2n) is 1.98. The lowest BCUT2D eigenvalue weighted by atomic mass is 10.3. The average Bonchev–Trinajstić information content (AvgIpc) is 1.82. The summed E-state index contributed by atoms with van der Waals surface area (Å²) in [6, 6.07) is 0. The van der Waals surface area contributed by atoms with E-state index in [0.717, 1.165) is 6.20 Å². The summed E-state index contributed by atoms with van der Waals surface area (Å²) >= 11 is 4.39. The number of nitrogens with zero attached hydrogens (tertiary/aromatic N) is 1. The Morgan fingerprint density at radius 3 is 2.25 bits per heavy atom. The van der Waals surface area contributed by atoms with E-state index in [9.17, 15) is 13.2 Å². The predicted octanol–water partition coefficient (Wildman–Crippen LogP) is 3.47. The second kappa shape index (κ2) is 3.49. The molecule has 0 aliphatic rings. The summed E-state index contributed by atoms with van der Waals surface area (Å²) in [4.78, 5) is 3.60. The van der Waals surface area contributed by atoms with Crippen molar-refractivity contribution in [3.05, 3.63) is 26.0 Å². The summed E-state index contributed by atoms with van der Waals surface area (Å²) in [5.74, 6) is 0. The van der Waals surface area contributed by atoms with Gasteiger partial charge >= 0.3 is 6.18 Å². The fourth-order valence-electron chi connectivity index (χ4n) is 0.682. The molecule has 1 aromatic rings. The average molecular weight is 352 g/mol. The van der Waals surface area contributed by atoms with Gasteiger partial charge in [0.1, 0.15) is 0 Å². The molecule has 0 radical (unpaired) electrons. The lowest BCUT2D eigenvalue weighted by Crippen LogP contribution is -2.08. The van der Waals surface area contributed by atoms with Crippen molar-refractivity contribution in [2.75, 3.05) is 0 Å². The molecule has 0 spiro atoms. The van der Waals surface area contributed by atoms with E-state index in [-0.39, 0.29) is 8.04 Å². The smallest absolute Gasteiger partial charge is 0.262 e. The third kappa shape index (κ3) is 2.09. The van der Waals surface area contributed by atoms with Crippen LogP contribution in [0.5, 0.6) is 0 Å². The Hall–Kier alpha value is 0.150. The van der Waals surface area contributed by atoms with Crippen LogP contribution in [0, 0.1) is 3.57 Å². The molecule has 0 bridgehead atoms. The quantitative estimate of drug-likeness (QED) is 0.652. The molecule has 0 aliphatic carbocycles. The van der Waals surface area contributed by atoms with Gasteiger partial charge in [-0.2, -0.15) is 13.2 Å². The zero-order valence-corrected chi connectivity index (χ0v) is 9.24. The number of alkyl halides is 3. The molecule has 66 valence electrons. The summed E-state index contributed by atoms with van der Waals surface area (Å²) in [5, 5.41) is 0. The van der Waals surface area contributed by atoms with Crippen LogP contribution in [0.15, 0.2) is 16.9 Å². The maximum Gasteiger partial charge on any atom is 0.418 e. The molecular formula is C6H2BrF3IN. The topological polar surface area (TPSA) is 12.9 Å². The van der Waals surface area contributed by atoms with Gasteiger partial charge in [0.05, 0.1) is 5.56 Å². The summed E-state index contributed by atoms with van der Waals surface area (Å²) in [5.41, 5.74) is -0.668. The van der Waals surface area contributed by atoms with E-state index < -0.39 is 11.7 Å². The van der Waals surface area contributed by atoms with Gasteiger partial charge in [-0.05, 0) is 38.5 Å². The number of aromatic nitrogens is 1. The Morgan fingerprint density at radius 2 is 1.92 bits per heavy atom. The van der Waals surface area contributed by atoms with Crippen molar-refractivity contribution < 1.29 is 13.2 Å². The number of rotatable bonds is 0. The lowest BCUT2D eigenvalue weighted by Gasteiger charge is -2.09. The summed E-state index contributed by atoms with van der Waals surface area (Å²) in [6.07, 6.45) is -2.02.